The molecule has 1 heterocycles. The van der Waals surface area contributed by atoms with Crippen LogP contribution in [-0.4, -0.2) is 24.5 Å². The minimum atomic E-state index is -4.34. The van der Waals surface area contributed by atoms with E-state index in [0.717, 1.165) is 44.0 Å². The number of hydrogen-bond donors (Lipinski definition) is 0. The fraction of sp³-hybridized carbons (Fsp3) is 0.500. The average Bonchev–Trinajstić information content (AvgIpc) is 3.21. The second-order valence-electron chi connectivity index (χ2n) is 8.42. The van der Waals surface area contributed by atoms with Crippen LogP contribution in [0, 0.1) is 5.92 Å². The van der Waals surface area contributed by atoms with Gasteiger partial charge in [-0.3, -0.25) is 0 Å². The van der Waals surface area contributed by atoms with Crippen molar-refractivity contribution in [3.8, 4) is 11.1 Å². The highest BCUT2D eigenvalue weighted by Gasteiger charge is 2.34. The first-order valence-electron chi connectivity index (χ1n) is 10.5. The molecule has 0 unspecified atom stereocenters. The molecular weight excluding hydrogens is 359 g/mol. The lowest BCUT2D eigenvalue weighted by Gasteiger charge is -2.35. The van der Waals surface area contributed by atoms with Crippen LogP contribution in [0.2, 0.25) is 0 Å². The van der Waals surface area contributed by atoms with Gasteiger partial charge in [-0.05, 0) is 66.8 Å². The molecule has 1 saturated heterocycles. The summed E-state index contributed by atoms with van der Waals surface area (Å²) in [6.45, 7) is 3.25. The molecule has 1 nitrogen and oxygen atoms in total. The van der Waals surface area contributed by atoms with Gasteiger partial charge in [0.15, 0.2) is 0 Å². The lowest BCUT2D eigenvalue weighted by molar-refractivity contribution is -0.137. The molecule has 2 aromatic rings. The zero-order valence-electron chi connectivity index (χ0n) is 16.2. The maximum absolute atomic E-state index is 13.6. The minimum absolute atomic E-state index is 0.304. The largest absolute Gasteiger partial charge is 0.417 e. The number of likely N-dealkylation sites (tertiary alicyclic amines) is 1. The second-order valence-corrected chi connectivity index (χ2v) is 8.42. The van der Waals surface area contributed by atoms with Crippen LogP contribution in [0.25, 0.3) is 11.1 Å². The fourth-order valence-electron chi connectivity index (χ4n) is 4.97. The highest BCUT2D eigenvalue weighted by atomic mass is 19.4. The predicted molar refractivity (Wildman–Crippen MR) is 107 cm³/mol. The number of alkyl halides is 3. The predicted octanol–water partition coefficient (Wildman–Crippen LogP) is 6.74. The summed E-state index contributed by atoms with van der Waals surface area (Å²) in [6.07, 6.45) is 3.20. The second kappa shape index (κ2) is 8.28. The highest BCUT2D eigenvalue weighted by molar-refractivity contribution is 5.69. The van der Waals surface area contributed by atoms with Crippen LogP contribution in [0.4, 0.5) is 13.2 Å². The van der Waals surface area contributed by atoms with Gasteiger partial charge in [0.25, 0.3) is 0 Å². The number of piperidine rings is 1. The van der Waals surface area contributed by atoms with Crippen LogP contribution in [0.15, 0.2) is 48.5 Å². The third-order valence-electron chi connectivity index (χ3n) is 6.40. The number of nitrogens with zero attached hydrogens (tertiary/aromatic N) is 1. The van der Waals surface area contributed by atoms with E-state index in [9.17, 15) is 13.2 Å². The molecule has 2 aliphatic rings. The van der Waals surface area contributed by atoms with Crippen LogP contribution in [0.3, 0.4) is 0 Å². The van der Waals surface area contributed by atoms with Crippen LogP contribution < -0.4 is 0 Å². The van der Waals surface area contributed by atoms with Crippen molar-refractivity contribution in [3.63, 3.8) is 0 Å². The van der Waals surface area contributed by atoms with Crippen molar-refractivity contribution in [1.82, 2.24) is 4.90 Å². The molecule has 0 amide bonds. The smallest absolute Gasteiger partial charge is 0.302 e. The first-order chi connectivity index (χ1) is 13.5. The molecule has 0 N–H and O–H groups in total. The summed E-state index contributed by atoms with van der Waals surface area (Å²) in [4.78, 5) is 2.55. The highest BCUT2D eigenvalue weighted by Crippen LogP contribution is 2.40. The minimum Gasteiger partial charge on any atom is -0.302 e. The van der Waals surface area contributed by atoms with E-state index in [4.69, 9.17) is 0 Å². The zero-order chi connectivity index (χ0) is 19.6. The maximum atomic E-state index is 13.6. The van der Waals surface area contributed by atoms with Gasteiger partial charge in [0.05, 0.1) is 5.56 Å². The van der Waals surface area contributed by atoms with E-state index in [2.05, 4.69) is 4.90 Å². The molecule has 0 spiro atoms. The third-order valence-corrected chi connectivity index (χ3v) is 6.40. The zero-order valence-corrected chi connectivity index (χ0v) is 16.2. The summed E-state index contributed by atoms with van der Waals surface area (Å²) >= 11 is 0. The molecule has 2 fully saturated rings. The Morgan fingerprint density at radius 2 is 1.64 bits per heavy atom. The van der Waals surface area contributed by atoms with Gasteiger partial charge >= 0.3 is 6.18 Å². The van der Waals surface area contributed by atoms with Crippen molar-refractivity contribution in [2.45, 2.75) is 50.6 Å². The van der Waals surface area contributed by atoms with Crippen LogP contribution >= 0.6 is 0 Å². The monoisotopic (exact) mass is 387 g/mol. The Morgan fingerprint density at radius 1 is 0.893 bits per heavy atom. The third kappa shape index (κ3) is 4.43. The molecule has 0 bridgehead atoms. The normalized spacial score (nSPS) is 21.9. The molecule has 0 aromatic heterocycles. The van der Waals surface area contributed by atoms with Gasteiger partial charge < -0.3 is 4.90 Å². The van der Waals surface area contributed by atoms with Crippen molar-refractivity contribution < 1.29 is 13.2 Å². The molecule has 1 atom stereocenters. The molecule has 150 valence electrons. The quantitative estimate of drug-likeness (QED) is 0.561. The molecule has 4 heteroatoms. The molecular formula is C24H28F3N. The Bertz CT molecular complexity index is 778. The lowest BCUT2D eigenvalue weighted by atomic mass is 9.86. The summed E-state index contributed by atoms with van der Waals surface area (Å²) in [5.74, 6) is 1.13. The van der Waals surface area contributed by atoms with Crippen LogP contribution in [0.5, 0.6) is 0 Å². The van der Waals surface area contributed by atoms with Gasteiger partial charge in [-0.15, -0.1) is 0 Å². The van der Waals surface area contributed by atoms with Crippen molar-refractivity contribution in [2.75, 3.05) is 19.6 Å². The number of rotatable bonds is 4. The Morgan fingerprint density at radius 3 is 2.36 bits per heavy atom. The maximum Gasteiger partial charge on any atom is 0.417 e. The summed E-state index contributed by atoms with van der Waals surface area (Å²) in [7, 11) is 0. The Kier molecular flexibility index (Phi) is 5.77. The number of halogens is 3. The topological polar surface area (TPSA) is 3.24 Å². The van der Waals surface area contributed by atoms with E-state index in [1.54, 1.807) is 36.4 Å². The Balaban J connectivity index is 1.59. The Hall–Kier alpha value is -1.81. The first-order valence-corrected chi connectivity index (χ1v) is 10.5. The van der Waals surface area contributed by atoms with Gasteiger partial charge in [0.1, 0.15) is 0 Å². The van der Waals surface area contributed by atoms with Gasteiger partial charge in [-0.25, -0.2) is 0 Å². The molecule has 4 rings (SSSR count). The van der Waals surface area contributed by atoms with Gasteiger partial charge in [-0.2, -0.15) is 13.2 Å². The van der Waals surface area contributed by atoms with Crippen molar-refractivity contribution >= 4 is 0 Å². The van der Waals surface area contributed by atoms with E-state index < -0.39 is 11.7 Å². The molecule has 2 aromatic carbocycles. The average molecular weight is 387 g/mol. The van der Waals surface area contributed by atoms with Crippen molar-refractivity contribution in [2.24, 2.45) is 5.92 Å². The van der Waals surface area contributed by atoms with Gasteiger partial charge in [0, 0.05) is 13.1 Å². The summed E-state index contributed by atoms with van der Waals surface area (Å²) < 4.78 is 40.8. The lowest BCUT2D eigenvalue weighted by Crippen LogP contribution is -2.37. The van der Waals surface area contributed by atoms with E-state index >= 15 is 0 Å². The first kappa shape index (κ1) is 19.5. The fourth-order valence-corrected chi connectivity index (χ4v) is 4.97. The summed E-state index contributed by atoms with van der Waals surface area (Å²) in [6, 6.07) is 13.7. The van der Waals surface area contributed by atoms with E-state index in [1.165, 1.54) is 31.7 Å². The van der Waals surface area contributed by atoms with Gasteiger partial charge in [0.2, 0.25) is 0 Å². The van der Waals surface area contributed by atoms with E-state index in [0.29, 0.717) is 17.0 Å². The summed E-state index contributed by atoms with van der Waals surface area (Å²) in [5.41, 5.74) is 1.44. The van der Waals surface area contributed by atoms with Crippen molar-refractivity contribution in [1.29, 1.82) is 0 Å². The van der Waals surface area contributed by atoms with Gasteiger partial charge in [-0.1, -0.05) is 55.3 Å². The molecule has 1 aliphatic heterocycles. The molecule has 1 saturated carbocycles. The molecule has 1 aliphatic carbocycles. The number of hydrogen-bond acceptors (Lipinski definition) is 1. The van der Waals surface area contributed by atoms with Crippen LogP contribution in [-0.2, 0) is 6.18 Å². The molecule has 0 radical (unpaired) electrons. The standard InChI is InChI=1S/C24H28F3N/c25-24(26,27)23-13-12-20(15-22(23)19-9-2-1-3-10-19)21-11-6-14-28(17-21)16-18-7-4-5-8-18/h1-3,9-10,12-13,15,18,21H,4-8,11,14,16-17H2/t21-/m1/s1. The van der Waals surface area contributed by atoms with Crippen molar-refractivity contribution in [3.05, 3.63) is 59.7 Å². The number of benzene rings is 2. The Labute approximate surface area is 165 Å². The van der Waals surface area contributed by atoms with E-state index in [1.807, 2.05) is 6.07 Å². The molecule has 28 heavy (non-hydrogen) atoms. The van der Waals surface area contributed by atoms with E-state index in [-0.39, 0.29) is 0 Å². The van der Waals surface area contributed by atoms with Crippen LogP contribution in [0.1, 0.15) is 55.6 Å². The summed E-state index contributed by atoms with van der Waals surface area (Å²) in [5, 5.41) is 0. The SMILES string of the molecule is FC(F)(F)c1ccc([C@@H]2CCCN(CC3CCCC3)C2)cc1-c1ccccc1.